The van der Waals surface area contributed by atoms with E-state index in [0.717, 1.165) is 0 Å². The third-order valence-electron chi connectivity index (χ3n) is 4.18. The van der Waals surface area contributed by atoms with Crippen LogP contribution in [-0.2, 0) is 14.2 Å². The summed E-state index contributed by atoms with van der Waals surface area (Å²) in [5.41, 5.74) is 0. The van der Waals surface area contributed by atoms with Crippen molar-refractivity contribution in [3.05, 3.63) is 0 Å². The average Bonchev–Trinajstić information content (AvgIpc) is 2.66. The molecule has 2 rings (SSSR count). The lowest BCUT2D eigenvalue weighted by molar-refractivity contribution is -0.353. The van der Waals surface area contributed by atoms with Gasteiger partial charge in [0.05, 0.1) is 19.3 Å². The van der Waals surface area contributed by atoms with E-state index in [2.05, 4.69) is 0 Å². The van der Waals surface area contributed by atoms with E-state index in [1.54, 1.807) is 0 Å². The summed E-state index contributed by atoms with van der Waals surface area (Å²) in [6.07, 6.45) is -15.1. The molecule has 2 saturated heterocycles. The van der Waals surface area contributed by atoms with Gasteiger partial charge in [0.1, 0.15) is 42.7 Å². The van der Waals surface area contributed by atoms with Crippen LogP contribution in [0.2, 0.25) is 0 Å². The summed E-state index contributed by atoms with van der Waals surface area (Å²) in [4.78, 5) is 0. The van der Waals surface area contributed by atoms with Gasteiger partial charge in [-0.15, -0.1) is 0 Å². The summed E-state index contributed by atoms with van der Waals surface area (Å²) in [7, 11) is 0. The number of ether oxygens (including phenoxy) is 3. The fraction of sp³-hybridized carbons (Fsp3) is 1.00. The highest BCUT2D eigenvalue weighted by Gasteiger charge is 2.47. The molecule has 2 fully saturated rings. The first kappa shape index (κ1) is 19.9. The van der Waals surface area contributed by atoms with Crippen LogP contribution in [0.5, 0.6) is 0 Å². The molecule has 0 spiro atoms. The SMILES string of the molecule is OCC1O[C@H](O[C@H]2OC(CO)[C@H](O)C(O)C2O)C(O)CC(O)[C@@H]1O. The Balaban J connectivity index is 2.09. The number of aliphatic hydroxyl groups is 8. The van der Waals surface area contributed by atoms with Crippen LogP contribution in [0.3, 0.4) is 0 Å². The molecule has 0 aromatic rings. The zero-order valence-electron chi connectivity index (χ0n) is 12.7. The summed E-state index contributed by atoms with van der Waals surface area (Å²) in [5.74, 6) is 0. The van der Waals surface area contributed by atoms with Crippen molar-refractivity contribution in [2.45, 2.75) is 67.8 Å². The third-order valence-corrected chi connectivity index (χ3v) is 4.18. The van der Waals surface area contributed by atoms with Gasteiger partial charge in [0.2, 0.25) is 0 Å². The van der Waals surface area contributed by atoms with Crippen molar-refractivity contribution in [3.8, 4) is 0 Å². The molecule has 0 bridgehead atoms. The molecule has 0 amide bonds. The predicted octanol–water partition coefficient (Wildman–Crippen LogP) is -5.01. The maximum absolute atomic E-state index is 10.0. The lowest BCUT2D eigenvalue weighted by atomic mass is 9.99. The Morgan fingerprint density at radius 1 is 0.667 bits per heavy atom. The first-order valence-corrected chi connectivity index (χ1v) is 7.56. The van der Waals surface area contributed by atoms with Crippen molar-refractivity contribution < 1.29 is 55.1 Å². The molecule has 0 radical (unpaired) electrons. The first-order valence-electron chi connectivity index (χ1n) is 7.56. The van der Waals surface area contributed by atoms with Crippen LogP contribution in [0.4, 0.5) is 0 Å². The zero-order valence-corrected chi connectivity index (χ0v) is 12.7. The van der Waals surface area contributed by atoms with Crippen molar-refractivity contribution in [2.24, 2.45) is 0 Å². The molecule has 0 aromatic heterocycles. The highest BCUT2D eigenvalue weighted by molar-refractivity contribution is 4.90. The fourth-order valence-corrected chi connectivity index (χ4v) is 2.68. The van der Waals surface area contributed by atoms with Gasteiger partial charge in [-0.3, -0.25) is 0 Å². The zero-order chi connectivity index (χ0) is 18.0. The van der Waals surface area contributed by atoms with Crippen LogP contribution >= 0.6 is 0 Å². The smallest absolute Gasteiger partial charge is 0.189 e. The van der Waals surface area contributed by atoms with E-state index in [0.29, 0.717) is 0 Å². The van der Waals surface area contributed by atoms with Gasteiger partial charge >= 0.3 is 0 Å². The van der Waals surface area contributed by atoms with Crippen LogP contribution in [-0.4, -0.2) is 115 Å². The lowest BCUT2D eigenvalue weighted by Crippen LogP contribution is -2.60. The Kier molecular flexibility index (Phi) is 6.87. The molecule has 2 heterocycles. The van der Waals surface area contributed by atoms with Crippen LogP contribution in [0.1, 0.15) is 6.42 Å². The Morgan fingerprint density at radius 3 is 1.79 bits per heavy atom. The van der Waals surface area contributed by atoms with E-state index in [1.807, 2.05) is 0 Å². The Morgan fingerprint density at radius 2 is 1.21 bits per heavy atom. The highest BCUT2D eigenvalue weighted by Crippen LogP contribution is 2.27. The second-order valence-electron chi connectivity index (χ2n) is 5.92. The van der Waals surface area contributed by atoms with E-state index in [1.165, 1.54) is 0 Å². The van der Waals surface area contributed by atoms with Gasteiger partial charge in [0.25, 0.3) is 0 Å². The van der Waals surface area contributed by atoms with Gasteiger partial charge in [-0.1, -0.05) is 0 Å². The molecule has 0 saturated carbocycles. The quantitative estimate of drug-likeness (QED) is 0.241. The standard InChI is InChI=1S/C13H24O11/c14-2-6-8(18)4(16)1-5(17)12(22-6)24-13-11(21)10(20)9(19)7(3-15)23-13/h4-21H,1-3H2/t4?,5?,6?,7?,8-,9-,10?,11?,12+,13+/m0/s1. The Hall–Kier alpha value is -0.440. The van der Waals surface area contributed by atoms with Gasteiger partial charge in [0.15, 0.2) is 12.6 Å². The maximum atomic E-state index is 10.0. The van der Waals surface area contributed by atoms with Crippen LogP contribution in [0, 0.1) is 0 Å². The molecule has 0 aromatic carbocycles. The maximum Gasteiger partial charge on any atom is 0.189 e. The molecule has 11 nitrogen and oxygen atoms in total. The molecule has 8 N–H and O–H groups in total. The minimum Gasteiger partial charge on any atom is -0.394 e. The summed E-state index contributed by atoms with van der Waals surface area (Å²) >= 11 is 0. The topological polar surface area (TPSA) is 190 Å². The molecule has 142 valence electrons. The van der Waals surface area contributed by atoms with Crippen molar-refractivity contribution in [1.82, 2.24) is 0 Å². The lowest BCUT2D eigenvalue weighted by Gasteiger charge is -2.41. The largest absolute Gasteiger partial charge is 0.394 e. The molecular formula is C13H24O11. The van der Waals surface area contributed by atoms with Crippen LogP contribution in [0.15, 0.2) is 0 Å². The van der Waals surface area contributed by atoms with Gasteiger partial charge in [0, 0.05) is 6.42 Å². The Labute approximate surface area is 137 Å². The second kappa shape index (κ2) is 8.29. The Bertz CT molecular complexity index is 394. The molecule has 6 unspecified atom stereocenters. The van der Waals surface area contributed by atoms with Crippen molar-refractivity contribution >= 4 is 0 Å². The highest BCUT2D eigenvalue weighted by atomic mass is 16.8. The predicted molar refractivity (Wildman–Crippen MR) is 73.2 cm³/mol. The van der Waals surface area contributed by atoms with Gasteiger partial charge in [-0.2, -0.15) is 0 Å². The molecule has 2 aliphatic rings. The fourth-order valence-electron chi connectivity index (χ4n) is 2.68. The second-order valence-corrected chi connectivity index (χ2v) is 5.92. The number of hydrogen-bond donors (Lipinski definition) is 8. The van der Waals surface area contributed by atoms with Crippen LogP contribution in [0.25, 0.3) is 0 Å². The minimum absolute atomic E-state index is 0.334. The molecule has 10 atom stereocenters. The molecule has 2 aliphatic heterocycles. The summed E-state index contributed by atoms with van der Waals surface area (Å²) in [6, 6.07) is 0. The monoisotopic (exact) mass is 356 g/mol. The third kappa shape index (κ3) is 4.03. The average molecular weight is 356 g/mol. The van der Waals surface area contributed by atoms with E-state index in [9.17, 15) is 35.7 Å². The van der Waals surface area contributed by atoms with Gasteiger partial charge in [-0.25, -0.2) is 0 Å². The van der Waals surface area contributed by atoms with E-state index in [-0.39, 0.29) is 6.42 Å². The van der Waals surface area contributed by atoms with Gasteiger partial charge < -0.3 is 55.1 Å². The van der Waals surface area contributed by atoms with E-state index >= 15 is 0 Å². The summed E-state index contributed by atoms with van der Waals surface area (Å²) in [5, 5.41) is 77.1. The van der Waals surface area contributed by atoms with Crippen molar-refractivity contribution in [2.75, 3.05) is 13.2 Å². The molecule has 0 aliphatic carbocycles. The summed E-state index contributed by atoms with van der Waals surface area (Å²) in [6.45, 7) is -1.32. The summed E-state index contributed by atoms with van der Waals surface area (Å²) < 4.78 is 15.6. The van der Waals surface area contributed by atoms with E-state index in [4.69, 9.17) is 19.3 Å². The van der Waals surface area contributed by atoms with Gasteiger partial charge in [-0.05, 0) is 0 Å². The van der Waals surface area contributed by atoms with E-state index < -0.39 is 74.6 Å². The minimum atomic E-state index is -1.70. The number of hydrogen-bond acceptors (Lipinski definition) is 11. The number of aliphatic hydroxyl groups excluding tert-OH is 8. The van der Waals surface area contributed by atoms with Crippen molar-refractivity contribution in [1.29, 1.82) is 0 Å². The van der Waals surface area contributed by atoms with Crippen molar-refractivity contribution in [3.63, 3.8) is 0 Å². The molecule has 11 heteroatoms. The first-order chi connectivity index (χ1) is 11.3. The number of rotatable bonds is 4. The normalized spacial score (nSPS) is 50.5. The molecule has 24 heavy (non-hydrogen) atoms. The molecular weight excluding hydrogens is 332 g/mol. The van der Waals surface area contributed by atoms with Crippen LogP contribution < -0.4 is 0 Å².